The molecule has 2 heterocycles. The van der Waals surface area contributed by atoms with Gasteiger partial charge in [-0.3, -0.25) is 0 Å². The van der Waals surface area contributed by atoms with Crippen LogP contribution in [0.5, 0.6) is 0 Å². The molecule has 18 heavy (non-hydrogen) atoms. The Kier molecular flexibility index (Phi) is 2.80. The predicted molar refractivity (Wildman–Crippen MR) is 72.3 cm³/mol. The molecule has 3 rings (SSSR count). The van der Waals surface area contributed by atoms with E-state index in [9.17, 15) is 0 Å². The van der Waals surface area contributed by atoms with Crippen molar-refractivity contribution in [3.8, 4) is 0 Å². The SMILES string of the molecule is C[C@@H](N)c1ccc(N2CCn3ccnc3C2)cc1. The fourth-order valence-electron chi connectivity index (χ4n) is 2.38. The topological polar surface area (TPSA) is 47.1 Å². The van der Waals surface area contributed by atoms with Gasteiger partial charge in [-0.05, 0) is 24.6 Å². The van der Waals surface area contributed by atoms with Crippen LogP contribution in [0.25, 0.3) is 0 Å². The lowest BCUT2D eigenvalue weighted by molar-refractivity contribution is 0.560. The van der Waals surface area contributed by atoms with Gasteiger partial charge in [-0.1, -0.05) is 12.1 Å². The number of nitrogens with two attached hydrogens (primary N) is 1. The quantitative estimate of drug-likeness (QED) is 0.875. The van der Waals surface area contributed by atoms with Crippen LogP contribution in [-0.4, -0.2) is 16.1 Å². The van der Waals surface area contributed by atoms with Crippen LogP contribution >= 0.6 is 0 Å². The number of hydrogen-bond donors (Lipinski definition) is 1. The number of nitrogens with zero attached hydrogens (tertiary/aromatic N) is 3. The molecule has 1 aromatic heterocycles. The maximum Gasteiger partial charge on any atom is 0.128 e. The molecule has 0 aliphatic carbocycles. The van der Waals surface area contributed by atoms with Gasteiger partial charge in [0.15, 0.2) is 0 Å². The lowest BCUT2D eigenvalue weighted by atomic mass is 10.1. The van der Waals surface area contributed by atoms with E-state index in [0.717, 1.165) is 25.5 Å². The molecule has 1 aliphatic heterocycles. The third-order valence-electron chi connectivity index (χ3n) is 3.53. The first-order chi connectivity index (χ1) is 8.74. The maximum atomic E-state index is 5.86. The maximum absolute atomic E-state index is 5.86. The zero-order valence-corrected chi connectivity index (χ0v) is 10.6. The summed E-state index contributed by atoms with van der Waals surface area (Å²) >= 11 is 0. The summed E-state index contributed by atoms with van der Waals surface area (Å²) in [4.78, 5) is 6.73. The fourth-order valence-corrected chi connectivity index (χ4v) is 2.38. The Morgan fingerprint density at radius 1 is 1.22 bits per heavy atom. The fraction of sp³-hybridized carbons (Fsp3) is 0.357. The number of anilines is 1. The van der Waals surface area contributed by atoms with E-state index in [1.54, 1.807) is 0 Å². The first-order valence-corrected chi connectivity index (χ1v) is 6.34. The van der Waals surface area contributed by atoms with Gasteiger partial charge < -0.3 is 15.2 Å². The molecular formula is C14H18N4. The Morgan fingerprint density at radius 3 is 2.72 bits per heavy atom. The molecular weight excluding hydrogens is 224 g/mol. The minimum Gasteiger partial charge on any atom is -0.362 e. The highest BCUT2D eigenvalue weighted by molar-refractivity contribution is 5.48. The van der Waals surface area contributed by atoms with Crippen molar-refractivity contribution >= 4 is 5.69 Å². The summed E-state index contributed by atoms with van der Waals surface area (Å²) in [6.07, 6.45) is 3.92. The zero-order chi connectivity index (χ0) is 12.5. The van der Waals surface area contributed by atoms with Crippen molar-refractivity contribution in [1.29, 1.82) is 0 Å². The number of imidazole rings is 1. The van der Waals surface area contributed by atoms with Crippen LogP contribution in [0.3, 0.4) is 0 Å². The molecule has 0 unspecified atom stereocenters. The standard InChI is InChI=1S/C14H18N4/c1-11(15)12-2-4-13(5-3-12)18-9-8-17-7-6-16-14(17)10-18/h2-7,11H,8-10,15H2,1H3/t11-/m1/s1. The molecule has 0 spiro atoms. The van der Waals surface area contributed by atoms with Crippen molar-refractivity contribution in [3.63, 3.8) is 0 Å². The Balaban J connectivity index is 1.80. The van der Waals surface area contributed by atoms with Crippen LogP contribution in [0, 0.1) is 0 Å². The van der Waals surface area contributed by atoms with E-state index in [1.807, 2.05) is 19.3 Å². The minimum atomic E-state index is 0.0966. The van der Waals surface area contributed by atoms with Gasteiger partial charge in [-0.25, -0.2) is 4.98 Å². The highest BCUT2D eigenvalue weighted by Gasteiger charge is 2.16. The van der Waals surface area contributed by atoms with Gasteiger partial charge in [0.2, 0.25) is 0 Å². The summed E-state index contributed by atoms with van der Waals surface area (Å²) in [5.41, 5.74) is 8.29. The lowest BCUT2D eigenvalue weighted by Gasteiger charge is -2.29. The molecule has 2 N–H and O–H groups in total. The van der Waals surface area contributed by atoms with Gasteiger partial charge in [0, 0.05) is 37.2 Å². The lowest BCUT2D eigenvalue weighted by Crippen LogP contribution is -2.33. The summed E-state index contributed by atoms with van der Waals surface area (Å²) in [5.74, 6) is 1.14. The predicted octanol–water partition coefficient (Wildman–Crippen LogP) is 1.92. The second-order valence-corrected chi connectivity index (χ2v) is 4.84. The smallest absolute Gasteiger partial charge is 0.128 e. The molecule has 0 bridgehead atoms. The van der Waals surface area contributed by atoms with Gasteiger partial charge in [0.25, 0.3) is 0 Å². The summed E-state index contributed by atoms with van der Waals surface area (Å²) in [7, 11) is 0. The number of hydrogen-bond acceptors (Lipinski definition) is 3. The van der Waals surface area contributed by atoms with E-state index >= 15 is 0 Å². The monoisotopic (exact) mass is 242 g/mol. The van der Waals surface area contributed by atoms with Crippen LogP contribution in [-0.2, 0) is 13.1 Å². The van der Waals surface area contributed by atoms with E-state index in [1.165, 1.54) is 11.3 Å². The molecule has 0 fully saturated rings. The summed E-state index contributed by atoms with van der Waals surface area (Å²) in [6.45, 7) is 4.92. The average Bonchev–Trinajstić information content (AvgIpc) is 2.86. The van der Waals surface area contributed by atoms with Gasteiger partial charge in [0.05, 0.1) is 6.54 Å². The first kappa shape index (κ1) is 11.3. The summed E-state index contributed by atoms with van der Waals surface area (Å²) in [6, 6.07) is 8.62. The van der Waals surface area contributed by atoms with Crippen molar-refractivity contribution in [1.82, 2.24) is 9.55 Å². The molecule has 0 radical (unpaired) electrons. The van der Waals surface area contributed by atoms with E-state index in [2.05, 4.69) is 38.7 Å². The Labute approximate surface area is 107 Å². The van der Waals surface area contributed by atoms with Crippen LogP contribution in [0.15, 0.2) is 36.7 Å². The van der Waals surface area contributed by atoms with Crippen LogP contribution in [0.4, 0.5) is 5.69 Å². The number of aromatic nitrogens is 2. The van der Waals surface area contributed by atoms with Crippen LogP contribution in [0.1, 0.15) is 24.4 Å². The van der Waals surface area contributed by atoms with Crippen LogP contribution < -0.4 is 10.6 Å². The van der Waals surface area contributed by atoms with E-state index < -0.39 is 0 Å². The molecule has 0 saturated carbocycles. The average molecular weight is 242 g/mol. The number of fused-ring (bicyclic) bond motifs is 1. The normalized spacial score (nSPS) is 16.4. The minimum absolute atomic E-state index is 0.0966. The molecule has 2 aromatic rings. The second kappa shape index (κ2) is 4.46. The molecule has 1 aromatic carbocycles. The molecule has 0 amide bonds. The highest BCUT2D eigenvalue weighted by atomic mass is 15.2. The van der Waals surface area contributed by atoms with Gasteiger partial charge >= 0.3 is 0 Å². The van der Waals surface area contributed by atoms with Crippen LogP contribution in [0.2, 0.25) is 0 Å². The summed E-state index contributed by atoms with van der Waals surface area (Å²) in [5, 5.41) is 0. The number of rotatable bonds is 2. The third-order valence-corrected chi connectivity index (χ3v) is 3.53. The molecule has 1 aliphatic rings. The van der Waals surface area contributed by atoms with Crippen molar-refractivity contribution in [2.24, 2.45) is 5.73 Å². The third kappa shape index (κ3) is 1.99. The zero-order valence-electron chi connectivity index (χ0n) is 10.6. The van der Waals surface area contributed by atoms with Crippen molar-refractivity contribution < 1.29 is 0 Å². The van der Waals surface area contributed by atoms with Crippen molar-refractivity contribution in [3.05, 3.63) is 48.0 Å². The Hall–Kier alpha value is -1.81. The molecule has 4 heteroatoms. The summed E-state index contributed by atoms with van der Waals surface area (Å²) < 4.78 is 2.22. The number of benzene rings is 1. The van der Waals surface area contributed by atoms with Crippen molar-refractivity contribution in [2.45, 2.75) is 26.1 Å². The van der Waals surface area contributed by atoms with E-state index in [4.69, 9.17) is 5.73 Å². The molecule has 0 saturated heterocycles. The Morgan fingerprint density at radius 2 is 2.00 bits per heavy atom. The molecule has 1 atom stereocenters. The second-order valence-electron chi connectivity index (χ2n) is 4.84. The molecule has 4 nitrogen and oxygen atoms in total. The van der Waals surface area contributed by atoms with E-state index in [0.29, 0.717) is 0 Å². The van der Waals surface area contributed by atoms with Gasteiger partial charge in [-0.2, -0.15) is 0 Å². The van der Waals surface area contributed by atoms with Crippen molar-refractivity contribution in [2.75, 3.05) is 11.4 Å². The first-order valence-electron chi connectivity index (χ1n) is 6.34. The largest absolute Gasteiger partial charge is 0.362 e. The molecule has 94 valence electrons. The Bertz CT molecular complexity index is 527. The van der Waals surface area contributed by atoms with E-state index in [-0.39, 0.29) is 6.04 Å². The van der Waals surface area contributed by atoms with Gasteiger partial charge in [-0.15, -0.1) is 0 Å². The highest BCUT2D eigenvalue weighted by Crippen LogP contribution is 2.22. The van der Waals surface area contributed by atoms with Gasteiger partial charge in [0.1, 0.15) is 5.82 Å².